The molecule has 0 spiro atoms. The summed E-state index contributed by atoms with van der Waals surface area (Å²) in [6.07, 6.45) is 1.68. The minimum Gasteiger partial charge on any atom is -0.481 e. The molecule has 1 amide bonds. The number of rotatable bonds is 4. The van der Waals surface area contributed by atoms with Crippen molar-refractivity contribution in [3.8, 4) is 5.88 Å². The molecule has 0 aliphatic rings. The highest BCUT2D eigenvalue weighted by Gasteiger charge is 2.09. The van der Waals surface area contributed by atoms with Gasteiger partial charge in [0.2, 0.25) is 5.88 Å². The van der Waals surface area contributed by atoms with Gasteiger partial charge in [-0.25, -0.2) is 15.0 Å². The van der Waals surface area contributed by atoms with Crippen LogP contribution in [0.15, 0.2) is 36.5 Å². The summed E-state index contributed by atoms with van der Waals surface area (Å²) in [6.45, 7) is 4.23. The topological polar surface area (TPSA) is 77.0 Å². The van der Waals surface area contributed by atoms with Gasteiger partial charge in [0, 0.05) is 24.4 Å². The van der Waals surface area contributed by atoms with Gasteiger partial charge >= 0.3 is 0 Å². The maximum Gasteiger partial charge on any atom is 0.251 e. The quantitative estimate of drug-likeness (QED) is 0.799. The third kappa shape index (κ3) is 3.32. The number of nitrogens with one attached hydrogen (secondary N) is 1. The number of methoxy groups -OCH3 is 1. The lowest BCUT2D eigenvalue weighted by molar-refractivity contribution is 0.0951. The number of aromatic nitrogens is 3. The van der Waals surface area contributed by atoms with Crippen molar-refractivity contribution in [2.75, 3.05) is 7.11 Å². The number of carbonyl (C=O) groups excluding carboxylic acids is 1. The third-order valence-electron chi connectivity index (χ3n) is 3.80. The van der Waals surface area contributed by atoms with Gasteiger partial charge in [0.25, 0.3) is 5.91 Å². The monoisotopic (exact) mass is 322 g/mol. The second-order valence-corrected chi connectivity index (χ2v) is 5.49. The lowest BCUT2D eigenvalue weighted by Gasteiger charge is -2.07. The number of pyridine rings is 1. The first-order chi connectivity index (χ1) is 11.6. The number of amides is 1. The number of benzene rings is 1. The van der Waals surface area contributed by atoms with Crippen LogP contribution >= 0.6 is 0 Å². The molecule has 0 aliphatic carbocycles. The van der Waals surface area contributed by atoms with E-state index in [0.29, 0.717) is 18.0 Å². The van der Waals surface area contributed by atoms with E-state index in [1.807, 2.05) is 26.0 Å². The van der Waals surface area contributed by atoms with Crippen LogP contribution in [0, 0.1) is 13.8 Å². The Kier molecular flexibility index (Phi) is 4.37. The fraction of sp³-hybridized carbons (Fsp3) is 0.222. The number of ether oxygens (including phenoxy) is 1. The Morgan fingerprint density at radius 2 is 1.83 bits per heavy atom. The van der Waals surface area contributed by atoms with Crippen molar-refractivity contribution in [1.29, 1.82) is 0 Å². The number of hydrogen-bond donors (Lipinski definition) is 1. The molecule has 3 aromatic rings. The molecule has 1 N–H and O–H groups in total. The lowest BCUT2D eigenvalue weighted by atomic mass is 10.1. The van der Waals surface area contributed by atoms with Gasteiger partial charge < -0.3 is 10.1 Å². The highest BCUT2D eigenvalue weighted by atomic mass is 16.5. The van der Waals surface area contributed by atoms with Gasteiger partial charge in [-0.05, 0) is 37.6 Å². The Morgan fingerprint density at radius 1 is 1.08 bits per heavy atom. The summed E-state index contributed by atoms with van der Waals surface area (Å²) in [5, 5.41) is 2.88. The molecule has 1 aromatic carbocycles. The molecule has 0 aliphatic heterocycles. The molecule has 0 radical (unpaired) electrons. The van der Waals surface area contributed by atoms with Crippen LogP contribution in [0.25, 0.3) is 11.0 Å². The standard InChI is InChI=1S/C18H18N4O2/c1-11-12(2)22-16-8-14(5-6-15(16)21-11)18(23)20-10-13-4-7-17(24-3)19-9-13/h4-9H,10H2,1-3H3,(H,20,23). The predicted octanol–water partition coefficient (Wildman–Crippen LogP) is 2.58. The first kappa shape index (κ1) is 15.9. The van der Waals surface area contributed by atoms with Crippen LogP contribution in [0.3, 0.4) is 0 Å². The average Bonchev–Trinajstić information content (AvgIpc) is 2.60. The van der Waals surface area contributed by atoms with Crippen molar-refractivity contribution >= 4 is 16.9 Å². The van der Waals surface area contributed by atoms with E-state index in [2.05, 4.69) is 20.3 Å². The molecule has 24 heavy (non-hydrogen) atoms. The zero-order valence-electron chi connectivity index (χ0n) is 13.8. The largest absolute Gasteiger partial charge is 0.481 e. The van der Waals surface area contributed by atoms with E-state index in [0.717, 1.165) is 28.0 Å². The fourth-order valence-corrected chi connectivity index (χ4v) is 2.29. The minimum atomic E-state index is -0.159. The number of nitrogens with zero attached hydrogens (tertiary/aromatic N) is 3. The molecule has 0 fully saturated rings. The van der Waals surface area contributed by atoms with Crippen molar-refractivity contribution in [2.45, 2.75) is 20.4 Å². The molecule has 122 valence electrons. The van der Waals surface area contributed by atoms with E-state index >= 15 is 0 Å². The Morgan fingerprint density at radius 3 is 2.50 bits per heavy atom. The van der Waals surface area contributed by atoms with E-state index in [9.17, 15) is 4.79 Å². The molecule has 2 aromatic heterocycles. The molecule has 0 saturated carbocycles. The summed E-state index contributed by atoms with van der Waals surface area (Å²) in [7, 11) is 1.57. The van der Waals surface area contributed by atoms with Crippen LogP contribution in [0.2, 0.25) is 0 Å². The number of aryl methyl sites for hydroxylation is 2. The van der Waals surface area contributed by atoms with Crippen molar-refractivity contribution in [3.05, 3.63) is 59.0 Å². The van der Waals surface area contributed by atoms with Crippen LogP contribution < -0.4 is 10.1 Å². The zero-order valence-corrected chi connectivity index (χ0v) is 13.8. The second-order valence-electron chi connectivity index (χ2n) is 5.49. The van der Waals surface area contributed by atoms with Gasteiger partial charge in [-0.2, -0.15) is 0 Å². The second kappa shape index (κ2) is 6.62. The summed E-state index contributed by atoms with van der Waals surface area (Å²) in [5.74, 6) is 0.386. The number of fused-ring (bicyclic) bond motifs is 1. The highest BCUT2D eigenvalue weighted by molar-refractivity contribution is 5.97. The van der Waals surface area contributed by atoms with Crippen molar-refractivity contribution < 1.29 is 9.53 Å². The van der Waals surface area contributed by atoms with Gasteiger partial charge in [0.1, 0.15) is 0 Å². The van der Waals surface area contributed by atoms with Crippen LogP contribution in [0.1, 0.15) is 27.3 Å². The summed E-state index contributed by atoms with van der Waals surface area (Å²) in [6, 6.07) is 8.96. The lowest BCUT2D eigenvalue weighted by Crippen LogP contribution is -2.22. The Bertz CT molecular complexity index is 891. The van der Waals surface area contributed by atoms with Crippen LogP contribution in [-0.2, 0) is 6.54 Å². The molecular weight excluding hydrogens is 304 g/mol. The number of hydrogen-bond acceptors (Lipinski definition) is 5. The van der Waals surface area contributed by atoms with Crippen molar-refractivity contribution in [3.63, 3.8) is 0 Å². The maximum absolute atomic E-state index is 12.3. The van der Waals surface area contributed by atoms with E-state index in [-0.39, 0.29) is 5.91 Å². The molecule has 6 nitrogen and oxygen atoms in total. The van der Waals surface area contributed by atoms with Gasteiger partial charge in [-0.3, -0.25) is 4.79 Å². The van der Waals surface area contributed by atoms with E-state index in [1.54, 1.807) is 31.5 Å². The first-order valence-electron chi connectivity index (χ1n) is 7.59. The Hall–Kier alpha value is -3.02. The van der Waals surface area contributed by atoms with E-state index in [4.69, 9.17) is 4.74 Å². The van der Waals surface area contributed by atoms with Crippen LogP contribution in [0.4, 0.5) is 0 Å². The maximum atomic E-state index is 12.3. The summed E-state index contributed by atoms with van der Waals surface area (Å²) in [5.41, 5.74) is 4.72. The smallest absolute Gasteiger partial charge is 0.251 e. The fourth-order valence-electron chi connectivity index (χ4n) is 2.29. The summed E-state index contributed by atoms with van der Waals surface area (Å²) in [4.78, 5) is 25.4. The van der Waals surface area contributed by atoms with Crippen molar-refractivity contribution in [2.24, 2.45) is 0 Å². The molecule has 0 unspecified atom stereocenters. The Labute approximate surface area is 139 Å². The molecule has 6 heteroatoms. The molecule has 3 rings (SSSR count). The van der Waals surface area contributed by atoms with Gasteiger partial charge in [0.15, 0.2) is 0 Å². The van der Waals surface area contributed by atoms with E-state index < -0.39 is 0 Å². The normalized spacial score (nSPS) is 10.6. The zero-order chi connectivity index (χ0) is 17.1. The Balaban J connectivity index is 1.74. The molecule has 0 atom stereocenters. The molecule has 2 heterocycles. The van der Waals surface area contributed by atoms with Crippen LogP contribution in [0.5, 0.6) is 5.88 Å². The summed E-state index contributed by atoms with van der Waals surface area (Å²) < 4.78 is 5.01. The van der Waals surface area contributed by atoms with Crippen molar-refractivity contribution in [1.82, 2.24) is 20.3 Å². The third-order valence-corrected chi connectivity index (χ3v) is 3.80. The predicted molar refractivity (Wildman–Crippen MR) is 91.0 cm³/mol. The SMILES string of the molecule is COc1ccc(CNC(=O)c2ccc3nc(C)c(C)nc3c2)cn1. The minimum absolute atomic E-state index is 0.159. The van der Waals surface area contributed by atoms with Gasteiger partial charge in [-0.1, -0.05) is 6.07 Å². The van der Waals surface area contributed by atoms with E-state index in [1.165, 1.54) is 0 Å². The molecule has 0 saturated heterocycles. The number of carbonyl (C=O) groups is 1. The van der Waals surface area contributed by atoms with Crippen LogP contribution in [-0.4, -0.2) is 28.0 Å². The average molecular weight is 322 g/mol. The van der Waals surface area contributed by atoms with Gasteiger partial charge in [-0.15, -0.1) is 0 Å². The first-order valence-corrected chi connectivity index (χ1v) is 7.59. The van der Waals surface area contributed by atoms with Gasteiger partial charge in [0.05, 0.1) is 29.5 Å². The molecule has 0 bridgehead atoms. The summed E-state index contributed by atoms with van der Waals surface area (Å²) >= 11 is 0. The highest BCUT2D eigenvalue weighted by Crippen LogP contribution is 2.14. The molecular formula is C18H18N4O2.